The van der Waals surface area contributed by atoms with E-state index in [2.05, 4.69) is 12.2 Å². The summed E-state index contributed by atoms with van der Waals surface area (Å²) in [4.78, 5) is 0. The highest BCUT2D eigenvalue weighted by atomic mass is 16.5. The van der Waals surface area contributed by atoms with Gasteiger partial charge in [0.05, 0.1) is 6.54 Å². The average Bonchev–Trinajstić information content (AvgIpc) is 2.91. The van der Waals surface area contributed by atoms with E-state index in [1.54, 1.807) is 0 Å². The van der Waals surface area contributed by atoms with Crippen LogP contribution in [0.25, 0.3) is 0 Å². The van der Waals surface area contributed by atoms with Crippen LogP contribution in [-0.4, -0.2) is 24.4 Å². The molecule has 0 saturated heterocycles. The van der Waals surface area contributed by atoms with E-state index in [0.29, 0.717) is 13.1 Å². The second kappa shape index (κ2) is 7.86. The molecule has 114 valence electrons. The van der Waals surface area contributed by atoms with Crippen LogP contribution in [0, 0.1) is 6.92 Å². The number of benzene rings is 1. The molecule has 0 aliphatic carbocycles. The van der Waals surface area contributed by atoms with E-state index in [0.717, 1.165) is 23.7 Å². The minimum absolute atomic E-state index is 0.273. The second-order valence-electron chi connectivity index (χ2n) is 5.11. The Kier molecular flexibility index (Phi) is 5.84. The van der Waals surface area contributed by atoms with Crippen LogP contribution in [-0.2, 0) is 13.0 Å². The molecule has 4 heteroatoms. The standard InChI is InChI=1S/C17H23NO3/c1-3-14-5-8-16(9-6-14)20-12-15(19)10-18-11-17-7-4-13(2)21-17/h4-9,15,18-19H,3,10-12H2,1-2H3. The Morgan fingerprint density at radius 2 is 1.95 bits per heavy atom. The summed E-state index contributed by atoms with van der Waals surface area (Å²) in [6, 6.07) is 11.8. The number of aliphatic hydroxyl groups is 1. The molecule has 0 bridgehead atoms. The van der Waals surface area contributed by atoms with Crippen molar-refractivity contribution in [2.75, 3.05) is 13.2 Å². The lowest BCUT2D eigenvalue weighted by Gasteiger charge is -2.13. The van der Waals surface area contributed by atoms with E-state index < -0.39 is 6.10 Å². The number of ether oxygens (including phenoxy) is 1. The van der Waals surface area contributed by atoms with Gasteiger partial charge in [-0.1, -0.05) is 19.1 Å². The molecule has 0 saturated carbocycles. The first-order valence-corrected chi connectivity index (χ1v) is 7.33. The largest absolute Gasteiger partial charge is 0.491 e. The third kappa shape index (κ3) is 5.25. The first-order valence-electron chi connectivity index (χ1n) is 7.33. The minimum atomic E-state index is -0.549. The number of furan rings is 1. The van der Waals surface area contributed by atoms with Gasteiger partial charge in [-0.15, -0.1) is 0 Å². The summed E-state index contributed by atoms with van der Waals surface area (Å²) < 4.78 is 11.0. The molecule has 1 atom stereocenters. The Morgan fingerprint density at radius 3 is 2.57 bits per heavy atom. The van der Waals surface area contributed by atoms with Gasteiger partial charge in [0.25, 0.3) is 0 Å². The highest BCUT2D eigenvalue weighted by molar-refractivity contribution is 5.27. The number of rotatable bonds is 8. The molecule has 0 aliphatic heterocycles. The van der Waals surface area contributed by atoms with Crippen LogP contribution in [0.2, 0.25) is 0 Å². The molecule has 1 unspecified atom stereocenters. The molecule has 0 aliphatic rings. The zero-order valence-corrected chi connectivity index (χ0v) is 12.6. The van der Waals surface area contributed by atoms with E-state index in [9.17, 15) is 5.11 Å². The molecule has 0 fully saturated rings. The van der Waals surface area contributed by atoms with E-state index in [1.807, 2.05) is 43.3 Å². The van der Waals surface area contributed by atoms with Crippen LogP contribution in [0.5, 0.6) is 5.75 Å². The van der Waals surface area contributed by atoms with Gasteiger partial charge in [-0.2, -0.15) is 0 Å². The minimum Gasteiger partial charge on any atom is -0.491 e. The van der Waals surface area contributed by atoms with Crippen molar-refractivity contribution in [3.05, 3.63) is 53.5 Å². The fourth-order valence-electron chi connectivity index (χ4n) is 2.01. The second-order valence-corrected chi connectivity index (χ2v) is 5.11. The fourth-order valence-corrected chi connectivity index (χ4v) is 2.01. The number of aryl methyl sites for hydroxylation is 2. The van der Waals surface area contributed by atoms with Crippen molar-refractivity contribution in [1.82, 2.24) is 5.32 Å². The van der Waals surface area contributed by atoms with Crippen LogP contribution in [0.1, 0.15) is 24.0 Å². The predicted octanol–water partition coefficient (Wildman–Crippen LogP) is 2.68. The maximum absolute atomic E-state index is 9.88. The summed E-state index contributed by atoms with van der Waals surface area (Å²) in [6.45, 7) is 5.38. The fraction of sp³-hybridized carbons (Fsp3) is 0.412. The maximum atomic E-state index is 9.88. The first-order chi connectivity index (χ1) is 10.2. The molecule has 21 heavy (non-hydrogen) atoms. The zero-order chi connectivity index (χ0) is 15.1. The van der Waals surface area contributed by atoms with Crippen molar-refractivity contribution in [3.63, 3.8) is 0 Å². The number of nitrogens with one attached hydrogen (secondary N) is 1. The monoisotopic (exact) mass is 289 g/mol. The Balaban J connectivity index is 1.65. The average molecular weight is 289 g/mol. The van der Waals surface area contributed by atoms with Crippen molar-refractivity contribution >= 4 is 0 Å². The zero-order valence-electron chi connectivity index (χ0n) is 12.6. The molecule has 2 rings (SSSR count). The van der Waals surface area contributed by atoms with Gasteiger partial charge in [0, 0.05) is 6.54 Å². The molecule has 1 heterocycles. The van der Waals surface area contributed by atoms with Gasteiger partial charge in [-0.3, -0.25) is 0 Å². The summed E-state index contributed by atoms with van der Waals surface area (Å²) in [5.41, 5.74) is 1.28. The van der Waals surface area contributed by atoms with Gasteiger partial charge in [-0.25, -0.2) is 0 Å². The molecule has 2 aromatic rings. The predicted molar refractivity (Wildman–Crippen MR) is 82.5 cm³/mol. The van der Waals surface area contributed by atoms with Gasteiger partial charge in [0.15, 0.2) is 0 Å². The van der Waals surface area contributed by atoms with E-state index in [4.69, 9.17) is 9.15 Å². The molecule has 4 nitrogen and oxygen atoms in total. The number of hydrogen-bond acceptors (Lipinski definition) is 4. The van der Waals surface area contributed by atoms with Crippen molar-refractivity contribution in [1.29, 1.82) is 0 Å². The van der Waals surface area contributed by atoms with E-state index >= 15 is 0 Å². The third-order valence-corrected chi connectivity index (χ3v) is 3.25. The SMILES string of the molecule is CCc1ccc(OCC(O)CNCc2ccc(C)o2)cc1. The summed E-state index contributed by atoms with van der Waals surface area (Å²) in [6.07, 6.45) is 0.464. The Labute approximate surface area is 125 Å². The van der Waals surface area contributed by atoms with Gasteiger partial charge in [-0.05, 0) is 43.2 Å². The van der Waals surface area contributed by atoms with Gasteiger partial charge in [0.2, 0.25) is 0 Å². The van der Waals surface area contributed by atoms with Crippen LogP contribution in [0.15, 0.2) is 40.8 Å². The molecule has 2 N–H and O–H groups in total. The molecular formula is C17H23NO3. The number of aliphatic hydroxyl groups excluding tert-OH is 1. The lowest BCUT2D eigenvalue weighted by molar-refractivity contribution is 0.105. The van der Waals surface area contributed by atoms with Crippen molar-refractivity contribution in [3.8, 4) is 5.75 Å². The highest BCUT2D eigenvalue weighted by Gasteiger charge is 2.06. The van der Waals surface area contributed by atoms with E-state index in [-0.39, 0.29) is 6.61 Å². The third-order valence-electron chi connectivity index (χ3n) is 3.25. The Morgan fingerprint density at radius 1 is 1.19 bits per heavy atom. The Bertz CT molecular complexity index is 533. The van der Waals surface area contributed by atoms with Gasteiger partial charge in [0.1, 0.15) is 30.0 Å². The topological polar surface area (TPSA) is 54.6 Å². The quantitative estimate of drug-likeness (QED) is 0.784. The summed E-state index contributed by atoms with van der Waals surface area (Å²) in [7, 11) is 0. The van der Waals surface area contributed by atoms with Crippen molar-refractivity contribution < 1.29 is 14.3 Å². The molecule has 0 amide bonds. The molecule has 1 aromatic heterocycles. The van der Waals surface area contributed by atoms with Gasteiger partial charge < -0.3 is 19.6 Å². The molecule has 0 spiro atoms. The lowest BCUT2D eigenvalue weighted by Crippen LogP contribution is -2.31. The first kappa shape index (κ1) is 15.6. The summed E-state index contributed by atoms with van der Waals surface area (Å²) >= 11 is 0. The van der Waals surface area contributed by atoms with Crippen LogP contribution < -0.4 is 10.1 Å². The summed E-state index contributed by atoms with van der Waals surface area (Å²) in [5.74, 6) is 2.55. The molecular weight excluding hydrogens is 266 g/mol. The summed E-state index contributed by atoms with van der Waals surface area (Å²) in [5, 5.41) is 13.0. The van der Waals surface area contributed by atoms with E-state index in [1.165, 1.54) is 5.56 Å². The van der Waals surface area contributed by atoms with Crippen molar-refractivity contribution in [2.45, 2.75) is 32.9 Å². The normalized spacial score (nSPS) is 12.3. The highest BCUT2D eigenvalue weighted by Crippen LogP contribution is 2.12. The lowest BCUT2D eigenvalue weighted by atomic mass is 10.2. The maximum Gasteiger partial charge on any atom is 0.119 e. The van der Waals surface area contributed by atoms with Crippen LogP contribution in [0.4, 0.5) is 0 Å². The Hall–Kier alpha value is -1.78. The molecule has 0 radical (unpaired) electrons. The van der Waals surface area contributed by atoms with Gasteiger partial charge >= 0.3 is 0 Å². The van der Waals surface area contributed by atoms with Crippen LogP contribution >= 0.6 is 0 Å². The van der Waals surface area contributed by atoms with Crippen molar-refractivity contribution in [2.24, 2.45) is 0 Å². The molecule has 1 aromatic carbocycles. The number of hydrogen-bond donors (Lipinski definition) is 2. The van der Waals surface area contributed by atoms with Crippen LogP contribution in [0.3, 0.4) is 0 Å². The smallest absolute Gasteiger partial charge is 0.119 e.